The molecule has 0 aliphatic carbocycles. The minimum atomic E-state index is -0.598. The van der Waals surface area contributed by atoms with Crippen molar-refractivity contribution in [3.05, 3.63) is 64.6 Å². The monoisotopic (exact) mass is 447 g/mol. The summed E-state index contributed by atoms with van der Waals surface area (Å²) in [5.74, 6) is -0.288. The van der Waals surface area contributed by atoms with Crippen LogP contribution in [-0.4, -0.2) is 24.2 Å². The number of ether oxygens (including phenoxy) is 2. The molecule has 0 aliphatic heterocycles. The van der Waals surface area contributed by atoms with Gasteiger partial charge in [-0.3, -0.25) is 9.69 Å². The highest BCUT2D eigenvalue weighted by atomic mass is 79.9. The summed E-state index contributed by atoms with van der Waals surface area (Å²) in [5, 5.41) is 0. The van der Waals surface area contributed by atoms with Gasteiger partial charge in [0.15, 0.2) is 0 Å². The third-order valence-corrected chi connectivity index (χ3v) is 4.29. The quantitative estimate of drug-likeness (QED) is 0.509. The first-order chi connectivity index (χ1) is 13.2. The van der Waals surface area contributed by atoms with Crippen molar-refractivity contribution >= 4 is 33.7 Å². The maximum Gasteiger partial charge on any atom is 0.414 e. The van der Waals surface area contributed by atoms with Gasteiger partial charge in [0, 0.05) is 23.1 Å². The predicted molar refractivity (Wildman–Crippen MR) is 113 cm³/mol. The number of amides is 1. The van der Waals surface area contributed by atoms with E-state index in [-0.39, 0.29) is 19.0 Å². The van der Waals surface area contributed by atoms with Gasteiger partial charge < -0.3 is 9.47 Å². The first-order valence-electron chi connectivity index (χ1n) is 9.20. The average molecular weight is 448 g/mol. The number of carbonyl (C=O) groups is 2. The number of hydrogen-bond donors (Lipinski definition) is 0. The van der Waals surface area contributed by atoms with E-state index in [1.807, 2.05) is 75.4 Å². The van der Waals surface area contributed by atoms with Crippen LogP contribution in [0.4, 0.5) is 10.5 Å². The largest absolute Gasteiger partial charge is 0.461 e. The SMILES string of the molecule is CC(C)(C)OC(=O)N(CCCC(=O)OCc1ccccc1)c1ccc(Br)cc1. The lowest BCUT2D eigenvalue weighted by atomic mass is 10.2. The van der Waals surface area contributed by atoms with E-state index in [1.54, 1.807) is 4.90 Å². The summed E-state index contributed by atoms with van der Waals surface area (Å²) in [6.07, 6.45) is 0.262. The van der Waals surface area contributed by atoms with Gasteiger partial charge in [0.25, 0.3) is 0 Å². The van der Waals surface area contributed by atoms with Crippen LogP contribution in [0.3, 0.4) is 0 Å². The first-order valence-corrected chi connectivity index (χ1v) is 9.99. The smallest absolute Gasteiger partial charge is 0.414 e. The van der Waals surface area contributed by atoms with E-state index >= 15 is 0 Å². The topological polar surface area (TPSA) is 55.8 Å². The van der Waals surface area contributed by atoms with Gasteiger partial charge in [-0.15, -0.1) is 0 Å². The lowest BCUT2D eigenvalue weighted by molar-refractivity contribution is -0.145. The minimum Gasteiger partial charge on any atom is -0.461 e. The zero-order valence-electron chi connectivity index (χ0n) is 16.5. The molecule has 2 aromatic rings. The van der Waals surface area contributed by atoms with Crippen molar-refractivity contribution in [1.29, 1.82) is 0 Å². The Balaban J connectivity index is 1.91. The van der Waals surface area contributed by atoms with E-state index < -0.39 is 11.7 Å². The van der Waals surface area contributed by atoms with Gasteiger partial charge in [-0.1, -0.05) is 46.3 Å². The van der Waals surface area contributed by atoms with Crippen molar-refractivity contribution < 1.29 is 19.1 Å². The highest BCUT2D eigenvalue weighted by molar-refractivity contribution is 9.10. The molecule has 28 heavy (non-hydrogen) atoms. The zero-order chi connectivity index (χ0) is 20.6. The molecule has 0 saturated carbocycles. The second-order valence-corrected chi connectivity index (χ2v) is 8.27. The minimum absolute atomic E-state index is 0.225. The van der Waals surface area contributed by atoms with Crippen LogP contribution >= 0.6 is 15.9 Å². The van der Waals surface area contributed by atoms with Crippen molar-refractivity contribution in [2.45, 2.75) is 45.8 Å². The standard InChI is InChI=1S/C22H26BrNO4/c1-22(2,3)28-21(26)24(19-13-11-18(23)12-14-19)15-7-10-20(25)27-16-17-8-5-4-6-9-17/h4-6,8-9,11-14H,7,10,15-16H2,1-3H3. The fourth-order valence-corrected chi connectivity index (χ4v) is 2.72. The lowest BCUT2D eigenvalue weighted by Gasteiger charge is -2.27. The fourth-order valence-electron chi connectivity index (χ4n) is 2.46. The number of nitrogens with zero attached hydrogens (tertiary/aromatic N) is 1. The molecule has 0 aliphatic rings. The van der Waals surface area contributed by atoms with Crippen molar-refractivity contribution in [3.63, 3.8) is 0 Å². The number of benzene rings is 2. The van der Waals surface area contributed by atoms with Crippen LogP contribution in [-0.2, 0) is 20.9 Å². The van der Waals surface area contributed by atoms with Crippen LogP contribution in [0.25, 0.3) is 0 Å². The van der Waals surface area contributed by atoms with Crippen LogP contribution in [0.5, 0.6) is 0 Å². The van der Waals surface area contributed by atoms with E-state index in [4.69, 9.17) is 9.47 Å². The molecule has 2 aromatic carbocycles. The Bertz CT molecular complexity index is 769. The molecule has 2 rings (SSSR count). The van der Waals surface area contributed by atoms with Crippen LogP contribution in [0, 0.1) is 0 Å². The summed E-state index contributed by atoms with van der Waals surface area (Å²) in [6, 6.07) is 16.9. The molecule has 0 N–H and O–H groups in total. The summed E-state index contributed by atoms with van der Waals surface area (Å²) in [7, 11) is 0. The van der Waals surface area contributed by atoms with E-state index in [9.17, 15) is 9.59 Å². The maximum atomic E-state index is 12.6. The van der Waals surface area contributed by atoms with Gasteiger partial charge in [-0.25, -0.2) is 4.79 Å². The van der Waals surface area contributed by atoms with Gasteiger partial charge in [-0.05, 0) is 57.0 Å². The molecule has 0 atom stereocenters. The molecule has 0 heterocycles. The Kier molecular flexibility index (Phi) is 8.05. The van der Waals surface area contributed by atoms with Gasteiger partial charge in [0.1, 0.15) is 12.2 Å². The van der Waals surface area contributed by atoms with E-state index in [2.05, 4.69) is 15.9 Å². The Labute approximate surface area is 174 Å². The predicted octanol–water partition coefficient (Wildman–Crippen LogP) is 5.71. The lowest BCUT2D eigenvalue weighted by Crippen LogP contribution is -2.37. The second kappa shape index (κ2) is 10.3. The van der Waals surface area contributed by atoms with Crippen molar-refractivity contribution in [3.8, 4) is 0 Å². The Morgan fingerprint density at radius 3 is 2.25 bits per heavy atom. The van der Waals surface area contributed by atoms with E-state index in [0.717, 1.165) is 15.7 Å². The Morgan fingerprint density at radius 2 is 1.64 bits per heavy atom. The van der Waals surface area contributed by atoms with Gasteiger partial charge >= 0.3 is 12.1 Å². The number of esters is 1. The van der Waals surface area contributed by atoms with Crippen LogP contribution < -0.4 is 4.90 Å². The molecule has 5 nitrogen and oxygen atoms in total. The molecular formula is C22H26BrNO4. The molecule has 0 saturated heterocycles. The summed E-state index contributed by atoms with van der Waals surface area (Å²) in [5.41, 5.74) is 1.07. The maximum absolute atomic E-state index is 12.6. The fraction of sp³-hybridized carbons (Fsp3) is 0.364. The Morgan fingerprint density at radius 1 is 1.00 bits per heavy atom. The normalized spacial score (nSPS) is 11.0. The highest BCUT2D eigenvalue weighted by Gasteiger charge is 2.23. The molecule has 0 fully saturated rings. The third-order valence-electron chi connectivity index (χ3n) is 3.76. The number of rotatable bonds is 7. The molecule has 0 bridgehead atoms. The van der Waals surface area contributed by atoms with Crippen LogP contribution in [0.1, 0.15) is 39.2 Å². The number of carbonyl (C=O) groups excluding carboxylic acids is 2. The third kappa shape index (κ3) is 7.72. The van der Waals surface area contributed by atoms with Gasteiger partial charge in [0.05, 0.1) is 0 Å². The number of hydrogen-bond acceptors (Lipinski definition) is 4. The Hall–Kier alpha value is -2.34. The molecule has 6 heteroatoms. The van der Waals surface area contributed by atoms with Crippen molar-refractivity contribution in [1.82, 2.24) is 0 Å². The van der Waals surface area contributed by atoms with Gasteiger partial charge in [-0.2, -0.15) is 0 Å². The highest BCUT2D eigenvalue weighted by Crippen LogP contribution is 2.21. The van der Waals surface area contributed by atoms with Crippen molar-refractivity contribution in [2.75, 3.05) is 11.4 Å². The van der Waals surface area contributed by atoms with Gasteiger partial charge in [0.2, 0.25) is 0 Å². The number of anilines is 1. The molecule has 0 aromatic heterocycles. The summed E-state index contributed by atoms with van der Waals surface area (Å²) in [4.78, 5) is 26.2. The van der Waals surface area contributed by atoms with E-state index in [1.165, 1.54) is 0 Å². The number of halogens is 1. The average Bonchev–Trinajstić information content (AvgIpc) is 2.64. The van der Waals surface area contributed by atoms with E-state index in [0.29, 0.717) is 13.0 Å². The van der Waals surface area contributed by atoms with Crippen LogP contribution in [0.2, 0.25) is 0 Å². The summed E-state index contributed by atoms with van der Waals surface area (Å²) in [6.45, 7) is 6.09. The first kappa shape index (κ1) is 22.0. The molecule has 0 radical (unpaired) electrons. The second-order valence-electron chi connectivity index (χ2n) is 7.36. The summed E-state index contributed by atoms with van der Waals surface area (Å²) >= 11 is 3.39. The molecular weight excluding hydrogens is 422 g/mol. The molecule has 150 valence electrons. The summed E-state index contributed by atoms with van der Waals surface area (Å²) < 4.78 is 11.7. The molecule has 1 amide bonds. The van der Waals surface area contributed by atoms with Crippen LogP contribution in [0.15, 0.2) is 59.1 Å². The van der Waals surface area contributed by atoms with Crippen molar-refractivity contribution in [2.24, 2.45) is 0 Å². The molecule has 0 unspecified atom stereocenters. The molecule has 0 spiro atoms. The zero-order valence-corrected chi connectivity index (χ0v) is 18.1.